The van der Waals surface area contributed by atoms with E-state index in [1.54, 1.807) is 20.9 Å². The van der Waals surface area contributed by atoms with E-state index in [1.165, 1.54) is 37.2 Å². The summed E-state index contributed by atoms with van der Waals surface area (Å²) in [5, 5.41) is 3.69. The van der Waals surface area contributed by atoms with Crippen LogP contribution in [0.5, 0.6) is 0 Å². The average Bonchev–Trinajstić information content (AvgIpc) is 3.04. The lowest BCUT2D eigenvalue weighted by molar-refractivity contribution is 0.613. The number of fused-ring (bicyclic) bond motifs is 1. The fourth-order valence-electron chi connectivity index (χ4n) is 2.89. The van der Waals surface area contributed by atoms with E-state index in [-0.39, 0.29) is 0 Å². The first-order valence-corrected chi connectivity index (χ1v) is 8.97. The molecular weight excluding hydrogens is 258 g/mol. The van der Waals surface area contributed by atoms with Crippen molar-refractivity contribution in [1.82, 2.24) is 5.32 Å². The summed E-state index contributed by atoms with van der Waals surface area (Å²) in [7, 11) is 0. The topological polar surface area (TPSA) is 12.0 Å². The Labute approximate surface area is 118 Å². The fraction of sp³-hybridized carbons (Fsp3) is 0.600. The summed E-state index contributed by atoms with van der Waals surface area (Å²) in [4.78, 5) is 3.20. The highest BCUT2D eigenvalue weighted by Crippen LogP contribution is 2.38. The molecule has 0 fully saturated rings. The van der Waals surface area contributed by atoms with E-state index in [0.717, 1.165) is 6.54 Å². The van der Waals surface area contributed by atoms with Gasteiger partial charge in [0.15, 0.2) is 0 Å². The van der Waals surface area contributed by atoms with E-state index < -0.39 is 0 Å². The van der Waals surface area contributed by atoms with Gasteiger partial charge in [-0.1, -0.05) is 18.6 Å². The van der Waals surface area contributed by atoms with Gasteiger partial charge in [0.2, 0.25) is 0 Å². The number of hydrogen-bond acceptors (Lipinski definition) is 3. The minimum Gasteiger partial charge on any atom is -0.306 e. The average molecular weight is 279 g/mol. The third-order valence-corrected chi connectivity index (χ3v) is 6.10. The molecule has 1 aromatic rings. The highest BCUT2D eigenvalue weighted by molar-refractivity contribution is 7.98. The van der Waals surface area contributed by atoms with Crippen LogP contribution in [0.15, 0.2) is 17.7 Å². The first-order valence-electron chi connectivity index (χ1n) is 7.00. The Morgan fingerprint density at radius 3 is 3.06 bits per heavy atom. The molecule has 0 saturated heterocycles. The van der Waals surface area contributed by atoms with Gasteiger partial charge >= 0.3 is 0 Å². The molecule has 0 saturated carbocycles. The lowest BCUT2D eigenvalue weighted by Crippen LogP contribution is -2.21. The Kier molecular flexibility index (Phi) is 4.12. The van der Waals surface area contributed by atoms with Gasteiger partial charge in [0.05, 0.1) is 6.04 Å². The second-order valence-corrected chi connectivity index (χ2v) is 7.34. The summed E-state index contributed by atoms with van der Waals surface area (Å²) in [6.07, 6.45) is 7.65. The third-order valence-electron chi connectivity index (χ3n) is 3.79. The summed E-state index contributed by atoms with van der Waals surface area (Å²) in [5.41, 5.74) is 3.23. The summed E-state index contributed by atoms with van der Waals surface area (Å²) in [6, 6.07) is 2.97. The molecule has 1 atom stereocenters. The van der Waals surface area contributed by atoms with Gasteiger partial charge in [0.25, 0.3) is 0 Å². The lowest BCUT2D eigenvalue weighted by atomic mass is 10.0. The lowest BCUT2D eigenvalue weighted by Gasteiger charge is -2.18. The molecule has 3 rings (SSSR count). The minimum atomic E-state index is 0.498. The largest absolute Gasteiger partial charge is 0.306 e. The number of aryl methyl sites for hydroxylation is 1. The Hall–Kier alpha value is -0.250. The van der Waals surface area contributed by atoms with Crippen molar-refractivity contribution < 1.29 is 0 Å². The molecule has 2 heterocycles. The highest BCUT2D eigenvalue weighted by atomic mass is 32.2. The van der Waals surface area contributed by atoms with Crippen molar-refractivity contribution in [3.05, 3.63) is 33.0 Å². The molecule has 98 valence electrons. The molecule has 0 amide bonds. The SMILES string of the molecule is CCNC(C1=CCCC1)c1cc2c(s1)CCSC2. The monoisotopic (exact) mass is 279 g/mol. The van der Waals surface area contributed by atoms with Gasteiger partial charge in [-0.05, 0) is 49.6 Å². The first kappa shape index (κ1) is 12.8. The Morgan fingerprint density at radius 2 is 2.33 bits per heavy atom. The molecule has 1 N–H and O–H groups in total. The number of hydrogen-bond donors (Lipinski definition) is 1. The number of thiophene rings is 1. The molecular formula is C15H21NS2. The molecule has 3 heteroatoms. The molecule has 1 aromatic heterocycles. The van der Waals surface area contributed by atoms with Crippen LogP contribution in [0.3, 0.4) is 0 Å². The van der Waals surface area contributed by atoms with Crippen molar-refractivity contribution in [3.8, 4) is 0 Å². The molecule has 1 nitrogen and oxygen atoms in total. The van der Waals surface area contributed by atoms with Gasteiger partial charge in [0, 0.05) is 15.5 Å². The molecule has 0 bridgehead atoms. The predicted octanol–water partition coefficient (Wildman–Crippen LogP) is 4.30. The van der Waals surface area contributed by atoms with Gasteiger partial charge < -0.3 is 5.32 Å². The molecule has 1 unspecified atom stereocenters. The molecule has 1 aliphatic heterocycles. The van der Waals surface area contributed by atoms with Crippen LogP contribution in [-0.4, -0.2) is 12.3 Å². The fourth-order valence-corrected chi connectivity index (χ4v) is 5.38. The Morgan fingerprint density at radius 1 is 1.39 bits per heavy atom. The second kappa shape index (κ2) is 5.81. The summed E-state index contributed by atoms with van der Waals surface area (Å²) in [5.74, 6) is 2.53. The predicted molar refractivity (Wildman–Crippen MR) is 82.5 cm³/mol. The maximum Gasteiger partial charge on any atom is 0.0630 e. The summed E-state index contributed by atoms with van der Waals surface area (Å²) < 4.78 is 0. The van der Waals surface area contributed by atoms with Gasteiger partial charge in [-0.2, -0.15) is 11.8 Å². The molecule has 2 aliphatic rings. The zero-order chi connectivity index (χ0) is 12.4. The van der Waals surface area contributed by atoms with Crippen LogP contribution in [0.1, 0.15) is 47.5 Å². The highest BCUT2D eigenvalue weighted by Gasteiger charge is 2.22. The number of allylic oxidation sites excluding steroid dienone is 1. The van der Waals surface area contributed by atoms with Crippen molar-refractivity contribution >= 4 is 23.1 Å². The van der Waals surface area contributed by atoms with Crippen LogP contribution < -0.4 is 5.32 Å². The first-order chi connectivity index (χ1) is 8.88. The van der Waals surface area contributed by atoms with Crippen LogP contribution in [0.4, 0.5) is 0 Å². The number of nitrogens with one attached hydrogen (secondary N) is 1. The Bertz CT molecular complexity index is 424. The number of thioether (sulfide) groups is 1. The Balaban J connectivity index is 1.87. The second-order valence-electron chi connectivity index (χ2n) is 5.06. The van der Waals surface area contributed by atoms with Gasteiger partial charge in [0.1, 0.15) is 0 Å². The van der Waals surface area contributed by atoms with Gasteiger partial charge in [-0.3, -0.25) is 0 Å². The van der Waals surface area contributed by atoms with Crippen LogP contribution >= 0.6 is 23.1 Å². The summed E-state index contributed by atoms with van der Waals surface area (Å²) >= 11 is 4.13. The van der Waals surface area contributed by atoms with Gasteiger partial charge in [-0.15, -0.1) is 11.3 Å². The van der Waals surface area contributed by atoms with E-state index in [2.05, 4.69) is 47.5 Å². The van der Waals surface area contributed by atoms with Crippen molar-refractivity contribution in [2.24, 2.45) is 0 Å². The smallest absolute Gasteiger partial charge is 0.0630 e. The zero-order valence-corrected chi connectivity index (χ0v) is 12.6. The van der Waals surface area contributed by atoms with Crippen LogP contribution in [-0.2, 0) is 12.2 Å². The van der Waals surface area contributed by atoms with Crippen molar-refractivity contribution in [2.45, 2.75) is 44.4 Å². The third kappa shape index (κ3) is 2.54. The molecule has 0 radical (unpaired) electrons. The minimum absolute atomic E-state index is 0.498. The standard InChI is InChI=1S/C15H21NS2/c1-2-16-15(11-5-3-4-6-11)14-9-12-10-17-8-7-13(12)18-14/h5,9,15-16H,2-4,6-8,10H2,1H3. The maximum atomic E-state index is 3.69. The van der Waals surface area contributed by atoms with E-state index >= 15 is 0 Å². The van der Waals surface area contributed by atoms with Crippen LogP contribution in [0.2, 0.25) is 0 Å². The normalized spacial score (nSPS) is 20.6. The van der Waals surface area contributed by atoms with Crippen LogP contribution in [0.25, 0.3) is 0 Å². The maximum absolute atomic E-state index is 3.69. The van der Waals surface area contributed by atoms with E-state index in [1.807, 2.05) is 0 Å². The summed E-state index contributed by atoms with van der Waals surface area (Å²) in [6.45, 7) is 3.27. The van der Waals surface area contributed by atoms with Gasteiger partial charge in [-0.25, -0.2) is 0 Å². The van der Waals surface area contributed by atoms with E-state index in [9.17, 15) is 0 Å². The van der Waals surface area contributed by atoms with E-state index in [0.29, 0.717) is 6.04 Å². The molecule has 0 aromatic carbocycles. The number of rotatable bonds is 4. The molecule has 0 spiro atoms. The van der Waals surface area contributed by atoms with E-state index in [4.69, 9.17) is 0 Å². The van der Waals surface area contributed by atoms with Crippen molar-refractivity contribution in [3.63, 3.8) is 0 Å². The number of likely N-dealkylation sites (N-methyl/N-ethyl adjacent to an activating group) is 1. The van der Waals surface area contributed by atoms with Crippen molar-refractivity contribution in [2.75, 3.05) is 12.3 Å². The quantitative estimate of drug-likeness (QED) is 0.825. The van der Waals surface area contributed by atoms with Crippen LogP contribution in [0, 0.1) is 0 Å². The van der Waals surface area contributed by atoms with Crippen molar-refractivity contribution in [1.29, 1.82) is 0 Å². The zero-order valence-electron chi connectivity index (χ0n) is 11.0. The molecule has 18 heavy (non-hydrogen) atoms. The molecule has 1 aliphatic carbocycles.